The van der Waals surface area contributed by atoms with Gasteiger partial charge < -0.3 is 32.7 Å². The van der Waals surface area contributed by atoms with Crippen molar-refractivity contribution in [3.05, 3.63) is 30.1 Å². The fourth-order valence-corrected chi connectivity index (χ4v) is 17.3. The topological polar surface area (TPSA) is 90.0 Å². The Balaban J connectivity index is 1.83. The number of hydrogen-bond donors (Lipinski definition) is 1. The minimum Gasteiger partial charge on any atom is -0.414 e. The van der Waals surface area contributed by atoms with E-state index in [9.17, 15) is 8.78 Å². The van der Waals surface area contributed by atoms with Crippen molar-refractivity contribution in [3.8, 4) is 0 Å². The number of ether oxygens (including phenoxy) is 2. The number of benzene rings is 1. The molecular weight excluding hydrogens is 540 g/mol. The minimum atomic E-state index is -2.93. The van der Waals surface area contributed by atoms with Crippen LogP contribution in [0.1, 0.15) is 68.0 Å². The molecule has 2 aliphatic heterocycles. The Hall–Kier alpha value is -1.26. The Morgan fingerprint density at radius 1 is 1.03 bits per heavy atom. The van der Waals surface area contributed by atoms with Crippen LogP contribution in [0.25, 0.3) is 11.0 Å². The highest BCUT2D eigenvalue weighted by Gasteiger charge is 2.62. The fourth-order valence-electron chi connectivity index (χ4n) is 6.09. The van der Waals surface area contributed by atoms with Gasteiger partial charge in [0.05, 0.1) is 18.5 Å². The van der Waals surface area contributed by atoms with Crippen molar-refractivity contribution < 1.29 is 31.2 Å². The summed E-state index contributed by atoms with van der Waals surface area (Å²) >= 11 is 0. The fraction of sp³-hybridized carbons (Fsp3) is 0.741. The molecule has 4 rings (SSSR count). The first-order valence-electron chi connectivity index (χ1n) is 14.2. The van der Waals surface area contributed by atoms with Crippen molar-refractivity contribution in [3.63, 3.8) is 0 Å². The molecule has 1 aromatic carbocycles. The molecule has 4 atom stereocenters. The molecule has 2 aromatic rings. The number of imidazole rings is 1. The summed E-state index contributed by atoms with van der Waals surface area (Å²) in [5, 5.41) is 0. The molecule has 2 aliphatic rings. The van der Waals surface area contributed by atoms with Crippen molar-refractivity contribution in [2.24, 2.45) is 5.73 Å². The molecule has 2 fully saturated rings. The Morgan fingerprint density at radius 3 is 2.26 bits per heavy atom. The summed E-state index contributed by atoms with van der Waals surface area (Å²) < 4.78 is 64.9. The van der Waals surface area contributed by atoms with Gasteiger partial charge in [0, 0.05) is 18.7 Å². The van der Waals surface area contributed by atoms with Crippen molar-refractivity contribution in [1.82, 2.24) is 9.55 Å². The highest BCUT2D eigenvalue weighted by atomic mass is 28.5. The molecular formula is C27H45F2N3O5Si2. The van der Waals surface area contributed by atoms with Crippen molar-refractivity contribution in [2.75, 3.05) is 19.8 Å². The van der Waals surface area contributed by atoms with Gasteiger partial charge in [-0.3, -0.25) is 0 Å². The van der Waals surface area contributed by atoms with Gasteiger partial charge >= 0.3 is 17.1 Å². The van der Waals surface area contributed by atoms with Gasteiger partial charge in [0.1, 0.15) is 29.6 Å². The maximum Gasteiger partial charge on any atom is 0.335 e. The predicted molar refractivity (Wildman–Crippen MR) is 151 cm³/mol. The molecule has 0 spiro atoms. The molecule has 1 aromatic heterocycles. The third-order valence-corrected chi connectivity index (χ3v) is 18.4. The maximum atomic E-state index is 14.6. The first-order valence-corrected chi connectivity index (χ1v) is 18.1. The van der Waals surface area contributed by atoms with Gasteiger partial charge in [-0.15, -0.1) is 0 Å². The number of halogens is 2. The van der Waals surface area contributed by atoms with E-state index in [4.69, 9.17) is 28.2 Å². The molecule has 0 unspecified atom stereocenters. The van der Waals surface area contributed by atoms with Gasteiger partial charge in [0.15, 0.2) is 12.0 Å². The Morgan fingerprint density at radius 2 is 1.67 bits per heavy atom. The van der Waals surface area contributed by atoms with E-state index in [0.717, 1.165) is 6.07 Å². The van der Waals surface area contributed by atoms with Crippen LogP contribution in [0.15, 0.2) is 18.5 Å². The SMILES string of the molecule is CC(C)[Si]1(C(C)C)OC[C@H]2O[C@@H](n3cnc4c(F)cc(F)cc43)[C@H](OCCCN)[C@@H]2O[Si](C(C)C)(C(C)C)O1. The summed E-state index contributed by atoms with van der Waals surface area (Å²) in [6.07, 6.45) is -0.169. The van der Waals surface area contributed by atoms with Crippen molar-refractivity contribution in [1.29, 1.82) is 0 Å². The van der Waals surface area contributed by atoms with Gasteiger partial charge in [-0.2, -0.15) is 0 Å². The third kappa shape index (κ3) is 5.51. The molecule has 39 heavy (non-hydrogen) atoms. The number of hydrogen-bond acceptors (Lipinski definition) is 7. The second-order valence-corrected chi connectivity index (χ2v) is 20.9. The number of fused-ring (bicyclic) bond motifs is 2. The summed E-state index contributed by atoms with van der Waals surface area (Å²) in [5.41, 5.74) is 6.78. The van der Waals surface area contributed by atoms with Gasteiger partial charge in [-0.1, -0.05) is 55.4 Å². The van der Waals surface area contributed by atoms with E-state index >= 15 is 0 Å². The molecule has 12 heteroatoms. The van der Waals surface area contributed by atoms with Crippen LogP contribution in [-0.4, -0.2) is 64.7 Å². The van der Waals surface area contributed by atoms with E-state index < -0.39 is 53.3 Å². The third-order valence-electron chi connectivity index (χ3n) is 8.15. The zero-order chi connectivity index (χ0) is 28.7. The van der Waals surface area contributed by atoms with Gasteiger partial charge in [-0.05, 0) is 35.1 Å². The lowest BCUT2D eigenvalue weighted by molar-refractivity contribution is -0.0691. The molecule has 8 nitrogen and oxygen atoms in total. The highest BCUT2D eigenvalue weighted by Crippen LogP contribution is 2.49. The summed E-state index contributed by atoms with van der Waals surface area (Å²) in [5.74, 6) is -1.41. The van der Waals surface area contributed by atoms with Crippen LogP contribution < -0.4 is 5.73 Å². The standard InChI is InChI=1S/C27H45F2N3O5Si2/c1-16(2)38(17(3)4)34-14-23-25(36-39(37-38,18(5)6)19(7)8)26(33-11-9-10-30)27(35-23)32-15-31-24-21(29)12-20(28)13-22(24)32/h12-13,15-19,23,25-27H,9-11,14,30H2,1-8H3/t23-,25-,26-,27-/m1/s1. The van der Waals surface area contributed by atoms with Crippen LogP contribution in [0, 0.1) is 11.6 Å². The van der Waals surface area contributed by atoms with Crippen LogP contribution >= 0.6 is 0 Å². The number of nitrogens with two attached hydrogens (primary N) is 1. The Bertz CT molecular complexity index is 1120. The quantitative estimate of drug-likeness (QED) is 0.289. The summed E-state index contributed by atoms with van der Waals surface area (Å²) in [6.45, 7) is 18.5. The lowest BCUT2D eigenvalue weighted by Gasteiger charge is -2.51. The molecule has 0 bridgehead atoms. The first-order chi connectivity index (χ1) is 18.4. The molecule has 2 saturated heterocycles. The van der Waals surface area contributed by atoms with E-state index in [1.807, 2.05) is 0 Å². The van der Waals surface area contributed by atoms with E-state index in [-0.39, 0.29) is 34.3 Å². The second kappa shape index (κ2) is 11.9. The zero-order valence-electron chi connectivity index (χ0n) is 24.4. The molecule has 0 amide bonds. The molecule has 2 N–H and O–H groups in total. The van der Waals surface area contributed by atoms with Crippen molar-refractivity contribution >= 4 is 28.2 Å². The monoisotopic (exact) mass is 585 g/mol. The van der Waals surface area contributed by atoms with Crippen LogP contribution in [0.3, 0.4) is 0 Å². The number of rotatable bonds is 9. The lowest BCUT2D eigenvalue weighted by Crippen LogP contribution is -2.66. The van der Waals surface area contributed by atoms with Crippen molar-refractivity contribution in [2.45, 2.75) is 109 Å². The van der Waals surface area contributed by atoms with Crippen LogP contribution in [-0.2, 0) is 22.4 Å². The summed E-state index contributed by atoms with van der Waals surface area (Å²) in [7, 11) is -5.69. The lowest BCUT2D eigenvalue weighted by atomic mass is 10.1. The average Bonchev–Trinajstić information content (AvgIpc) is 3.39. The van der Waals surface area contributed by atoms with Crippen LogP contribution in [0.4, 0.5) is 8.78 Å². The minimum absolute atomic E-state index is 0.0737. The molecule has 0 aliphatic carbocycles. The molecule has 0 saturated carbocycles. The first kappa shape index (κ1) is 30.7. The van der Waals surface area contributed by atoms with Crippen LogP contribution in [0.5, 0.6) is 0 Å². The smallest absolute Gasteiger partial charge is 0.335 e. The zero-order valence-corrected chi connectivity index (χ0v) is 26.4. The molecule has 3 heterocycles. The number of nitrogens with zero attached hydrogens (tertiary/aromatic N) is 2. The summed E-state index contributed by atoms with van der Waals surface area (Å²) in [4.78, 5) is 4.23. The largest absolute Gasteiger partial charge is 0.414 e. The predicted octanol–water partition coefficient (Wildman–Crippen LogP) is 5.90. The second-order valence-electron chi connectivity index (χ2n) is 12.0. The molecule has 0 radical (unpaired) electrons. The Kier molecular flexibility index (Phi) is 9.39. The van der Waals surface area contributed by atoms with E-state index in [2.05, 4.69) is 60.4 Å². The normalized spacial score (nSPS) is 27.1. The van der Waals surface area contributed by atoms with E-state index in [1.54, 1.807) is 4.57 Å². The van der Waals surface area contributed by atoms with E-state index in [1.165, 1.54) is 12.4 Å². The van der Waals surface area contributed by atoms with Gasteiger partial charge in [-0.25, -0.2) is 13.8 Å². The molecule has 220 valence electrons. The van der Waals surface area contributed by atoms with Gasteiger partial charge in [0.2, 0.25) is 0 Å². The van der Waals surface area contributed by atoms with Crippen LogP contribution in [0.2, 0.25) is 22.2 Å². The Labute approximate surface area is 233 Å². The average molecular weight is 586 g/mol. The summed E-state index contributed by atoms with van der Waals surface area (Å²) in [6, 6.07) is 2.10. The maximum absolute atomic E-state index is 14.6. The van der Waals surface area contributed by atoms with E-state index in [0.29, 0.717) is 25.1 Å². The highest BCUT2D eigenvalue weighted by molar-refractivity contribution is 6.84. The van der Waals surface area contributed by atoms with Gasteiger partial charge in [0.25, 0.3) is 0 Å². The number of aromatic nitrogens is 2.